The van der Waals surface area contributed by atoms with Gasteiger partial charge in [0.05, 0.1) is 5.56 Å². The molecule has 14 heteroatoms. The van der Waals surface area contributed by atoms with E-state index >= 15 is 0 Å². The Hall–Kier alpha value is -2.90. The first kappa shape index (κ1) is 25.7. The van der Waals surface area contributed by atoms with Crippen LogP contribution in [-0.4, -0.2) is 30.3 Å². The summed E-state index contributed by atoms with van der Waals surface area (Å²) in [4.78, 5) is 16.6. The van der Waals surface area contributed by atoms with Crippen LogP contribution in [0.5, 0.6) is 0 Å². The van der Waals surface area contributed by atoms with E-state index in [4.69, 9.17) is 11.6 Å². The molecule has 0 bridgehead atoms. The fraction of sp³-hybridized carbons (Fsp3) is 0.300. The summed E-state index contributed by atoms with van der Waals surface area (Å²) < 4.78 is 91.4. The first-order valence-electron chi connectivity index (χ1n) is 9.61. The topological polar surface area (TPSA) is 77.5 Å². The highest BCUT2D eigenvalue weighted by Crippen LogP contribution is 2.31. The highest BCUT2D eigenvalue weighted by molar-refractivity contribution is 6.31. The summed E-state index contributed by atoms with van der Waals surface area (Å²) in [5.41, 5.74) is 3.30. The Morgan fingerprint density at radius 2 is 1.68 bits per heavy atom. The van der Waals surface area contributed by atoms with Crippen molar-refractivity contribution in [2.75, 3.05) is 5.32 Å². The Balaban J connectivity index is 1.87. The number of rotatable bonds is 3. The molecule has 0 spiro atoms. The van der Waals surface area contributed by atoms with Crippen molar-refractivity contribution in [2.24, 2.45) is 10.9 Å². The molecule has 0 aliphatic carbocycles. The number of anilines is 1. The molecule has 2 aromatic rings. The van der Waals surface area contributed by atoms with Crippen LogP contribution in [0.1, 0.15) is 22.8 Å². The van der Waals surface area contributed by atoms with Crippen molar-refractivity contribution < 1.29 is 35.5 Å². The van der Waals surface area contributed by atoms with Crippen LogP contribution in [0.25, 0.3) is 0 Å². The Morgan fingerprint density at radius 1 is 1.03 bits per heavy atom. The summed E-state index contributed by atoms with van der Waals surface area (Å²) in [5.74, 6) is -3.15. The average Bonchev–Trinajstić information content (AvgIpc) is 3.07. The molecule has 1 amide bonds. The van der Waals surface area contributed by atoms with Crippen LogP contribution >= 0.6 is 11.6 Å². The number of amides is 1. The molecule has 0 radical (unpaired) electrons. The monoisotopic (exact) mass is 511 g/mol. The zero-order valence-corrected chi connectivity index (χ0v) is 17.9. The predicted octanol–water partition coefficient (Wildman–Crippen LogP) is 4.70. The summed E-state index contributed by atoms with van der Waals surface area (Å²) >= 11 is 5.80. The van der Waals surface area contributed by atoms with E-state index in [0.29, 0.717) is 12.1 Å². The van der Waals surface area contributed by atoms with Gasteiger partial charge in [-0.25, -0.2) is 20.2 Å². The normalized spacial score (nSPS) is 21.4. The zero-order chi connectivity index (χ0) is 25.3. The first-order chi connectivity index (χ1) is 15.7. The van der Waals surface area contributed by atoms with E-state index in [1.807, 2.05) is 0 Å². The van der Waals surface area contributed by atoms with Gasteiger partial charge in [0, 0.05) is 22.2 Å². The van der Waals surface area contributed by atoms with E-state index in [2.05, 4.69) is 26.5 Å². The Bertz CT molecular complexity index is 1050. The van der Waals surface area contributed by atoms with Crippen molar-refractivity contribution in [3.63, 3.8) is 0 Å². The van der Waals surface area contributed by atoms with Crippen LogP contribution in [0.15, 0.2) is 47.5 Å². The lowest BCUT2D eigenvalue weighted by Gasteiger charge is -2.20. The standard InChI is InChI=1S/C20H17ClF7N5O/c1-9-15(20(26,27)28)32-33-16(9)30-18(29-14-7-12(21)6-13(22)8-14)31-17(34)10-2-4-11(5-3-10)19(23,24)25/h2-9,15-16,32-33H,1H3,(H2,29,30,31,34). The first-order valence-corrected chi connectivity index (χ1v) is 9.99. The fourth-order valence-electron chi connectivity index (χ4n) is 3.14. The number of hydrazine groups is 1. The lowest BCUT2D eigenvalue weighted by Crippen LogP contribution is -2.43. The number of hydrogen-bond donors (Lipinski definition) is 4. The quantitative estimate of drug-likeness (QED) is 0.274. The molecule has 4 N–H and O–H groups in total. The minimum atomic E-state index is -4.61. The van der Waals surface area contributed by atoms with Gasteiger partial charge in [-0.15, -0.1) is 0 Å². The van der Waals surface area contributed by atoms with Crippen molar-refractivity contribution in [3.8, 4) is 0 Å². The fourth-order valence-corrected chi connectivity index (χ4v) is 3.36. The van der Waals surface area contributed by atoms with Crippen molar-refractivity contribution in [1.29, 1.82) is 0 Å². The van der Waals surface area contributed by atoms with Crippen molar-refractivity contribution in [2.45, 2.75) is 31.5 Å². The van der Waals surface area contributed by atoms with Gasteiger partial charge in [-0.05, 0) is 42.5 Å². The highest BCUT2D eigenvalue weighted by atomic mass is 35.5. The molecular formula is C20H17ClF7N5O. The molecule has 1 saturated heterocycles. The van der Waals surface area contributed by atoms with E-state index in [-0.39, 0.29) is 22.2 Å². The van der Waals surface area contributed by atoms with Gasteiger partial charge >= 0.3 is 12.4 Å². The number of guanidine groups is 1. The van der Waals surface area contributed by atoms with Gasteiger partial charge in [0.15, 0.2) is 0 Å². The molecular weight excluding hydrogens is 495 g/mol. The molecule has 1 heterocycles. The lowest BCUT2D eigenvalue weighted by atomic mass is 10.0. The van der Waals surface area contributed by atoms with E-state index in [1.165, 1.54) is 13.0 Å². The number of benzene rings is 2. The molecule has 2 aromatic carbocycles. The molecule has 0 aromatic heterocycles. The molecule has 3 atom stereocenters. The number of aliphatic imine (C=N–C) groups is 1. The van der Waals surface area contributed by atoms with Crippen LogP contribution in [0.4, 0.5) is 36.4 Å². The third-order valence-corrected chi connectivity index (χ3v) is 5.08. The Morgan fingerprint density at radius 3 is 2.21 bits per heavy atom. The largest absolute Gasteiger partial charge is 0.416 e. The molecule has 6 nitrogen and oxygen atoms in total. The Kier molecular flexibility index (Phi) is 7.38. The molecule has 184 valence electrons. The van der Waals surface area contributed by atoms with E-state index in [0.717, 1.165) is 24.3 Å². The third kappa shape index (κ3) is 6.36. The number of halogens is 8. The second kappa shape index (κ2) is 9.76. The van der Waals surface area contributed by atoms with Gasteiger partial charge < -0.3 is 5.32 Å². The van der Waals surface area contributed by atoms with Crippen LogP contribution in [0.2, 0.25) is 5.02 Å². The summed E-state index contributed by atoms with van der Waals surface area (Å²) in [7, 11) is 0. The maximum absolute atomic E-state index is 13.7. The minimum Gasteiger partial charge on any atom is -0.326 e. The lowest BCUT2D eigenvalue weighted by molar-refractivity contribution is -0.160. The number of carbonyl (C=O) groups is 1. The molecule has 1 aliphatic heterocycles. The maximum atomic E-state index is 13.7. The van der Waals surface area contributed by atoms with E-state index in [1.54, 1.807) is 0 Å². The van der Waals surface area contributed by atoms with E-state index < -0.39 is 47.8 Å². The van der Waals surface area contributed by atoms with Crippen molar-refractivity contribution in [3.05, 3.63) is 64.4 Å². The van der Waals surface area contributed by atoms with Crippen LogP contribution in [0.3, 0.4) is 0 Å². The van der Waals surface area contributed by atoms with Gasteiger partial charge in [0.1, 0.15) is 18.0 Å². The van der Waals surface area contributed by atoms with Gasteiger partial charge in [-0.1, -0.05) is 18.5 Å². The second-order valence-electron chi connectivity index (χ2n) is 7.40. The summed E-state index contributed by atoms with van der Waals surface area (Å²) in [6.45, 7) is 1.27. The molecule has 1 aliphatic rings. The number of alkyl halides is 6. The SMILES string of the molecule is CC1C(N=C(NC(=O)c2ccc(C(F)(F)F)cc2)Nc2cc(F)cc(Cl)c2)NNC1C(F)(F)F. The number of nitrogens with zero attached hydrogens (tertiary/aromatic N) is 1. The predicted molar refractivity (Wildman–Crippen MR) is 110 cm³/mol. The maximum Gasteiger partial charge on any atom is 0.416 e. The van der Waals surface area contributed by atoms with Crippen LogP contribution < -0.4 is 21.5 Å². The van der Waals surface area contributed by atoms with Crippen molar-refractivity contribution in [1.82, 2.24) is 16.2 Å². The van der Waals surface area contributed by atoms with E-state index in [9.17, 15) is 35.5 Å². The molecule has 1 fully saturated rings. The number of nitrogens with one attached hydrogen (secondary N) is 4. The van der Waals surface area contributed by atoms with Gasteiger partial charge in [-0.3, -0.25) is 10.1 Å². The Labute approximate surface area is 193 Å². The highest BCUT2D eigenvalue weighted by Gasteiger charge is 2.49. The molecule has 0 saturated carbocycles. The zero-order valence-electron chi connectivity index (χ0n) is 17.2. The third-order valence-electron chi connectivity index (χ3n) is 4.86. The van der Waals surface area contributed by atoms with Crippen molar-refractivity contribution >= 4 is 29.2 Å². The van der Waals surface area contributed by atoms with Gasteiger partial charge in [0.2, 0.25) is 5.96 Å². The molecule has 34 heavy (non-hydrogen) atoms. The van der Waals surface area contributed by atoms with Gasteiger partial charge in [-0.2, -0.15) is 26.3 Å². The smallest absolute Gasteiger partial charge is 0.326 e. The average molecular weight is 512 g/mol. The molecule has 3 rings (SSSR count). The number of hydrogen-bond acceptors (Lipinski definition) is 4. The summed E-state index contributed by atoms with van der Waals surface area (Å²) in [5, 5.41) is 4.83. The molecule has 3 unspecified atom stereocenters. The van der Waals surface area contributed by atoms with Crippen LogP contribution in [0, 0.1) is 11.7 Å². The minimum absolute atomic E-state index is 0.0120. The summed E-state index contributed by atoms with van der Waals surface area (Å²) in [6.07, 6.45) is -10.4. The number of carbonyl (C=O) groups excluding carboxylic acids is 1. The second-order valence-corrected chi connectivity index (χ2v) is 7.84. The summed E-state index contributed by atoms with van der Waals surface area (Å²) in [6, 6.07) is 4.58. The van der Waals surface area contributed by atoms with Gasteiger partial charge in [0.25, 0.3) is 5.91 Å². The van der Waals surface area contributed by atoms with Crippen LogP contribution in [-0.2, 0) is 6.18 Å².